The number of carbonyl (C=O) groups is 4. The molecule has 3 saturated heterocycles. The lowest BCUT2D eigenvalue weighted by atomic mass is 9.61. The first kappa shape index (κ1) is 38.9. The van der Waals surface area contributed by atoms with E-state index in [1.54, 1.807) is 17.2 Å². The van der Waals surface area contributed by atoms with Gasteiger partial charge in [0.2, 0.25) is 17.6 Å². The summed E-state index contributed by atoms with van der Waals surface area (Å²) >= 11 is 0. The van der Waals surface area contributed by atoms with E-state index in [2.05, 4.69) is 20.2 Å². The van der Waals surface area contributed by atoms with E-state index >= 15 is 8.78 Å². The Morgan fingerprint density at radius 1 is 0.967 bits per heavy atom. The largest absolute Gasteiger partial charge is 0.490 e. The molecule has 18 heteroatoms. The van der Waals surface area contributed by atoms with Gasteiger partial charge in [-0.3, -0.25) is 29.2 Å². The first-order valence-corrected chi connectivity index (χ1v) is 21.4. The first-order valence-electron chi connectivity index (χ1n) is 20.0. The van der Waals surface area contributed by atoms with Gasteiger partial charge in [0.25, 0.3) is 5.91 Å². The van der Waals surface area contributed by atoms with E-state index in [1.165, 1.54) is 6.20 Å². The number of aromatic nitrogens is 2. The van der Waals surface area contributed by atoms with Gasteiger partial charge in [0.15, 0.2) is 5.82 Å². The summed E-state index contributed by atoms with van der Waals surface area (Å²) in [5, 5.41) is 2.64. The number of benzene rings is 3. The van der Waals surface area contributed by atoms with Crippen LogP contribution in [0.2, 0.25) is 0 Å². The summed E-state index contributed by atoms with van der Waals surface area (Å²) < 4.78 is 79.2. The van der Waals surface area contributed by atoms with Crippen molar-refractivity contribution in [1.29, 1.82) is 0 Å². The Kier molecular flexibility index (Phi) is 9.21. The summed E-state index contributed by atoms with van der Waals surface area (Å²) in [6, 6.07) is 15.9. The van der Waals surface area contributed by atoms with Gasteiger partial charge >= 0.3 is 10.2 Å². The lowest BCUT2D eigenvalue weighted by Gasteiger charge is -2.59. The Morgan fingerprint density at radius 3 is 2.49 bits per heavy atom. The monoisotopic (exact) mass is 853 g/mol. The van der Waals surface area contributed by atoms with Crippen LogP contribution in [-0.4, -0.2) is 95.6 Å². The number of nitrogens with one attached hydrogen (secondary N) is 3. The lowest BCUT2D eigenvalue weighted by molar-refractivity contribution is -0.136. The number of rotatable bonds is 10. The van der Waals surface area contributed by atoms with Gasteiger partial charge in [-0.05, 0) is 85.3 Å². The number of alkyl halides is 1. The number of piperidine rings is 1. The number of hydrogen-bond acceptors (Lipinski definition) is 9. The van der Waals surface area contributed by atoms with E-state index < -0.39 is 63.5 Å². The molecular formula is C43H38F3N7O7S. The molecule has 1 saturated carbocycles. The highest BCUT2D eigenvalue weighted by Gasteiger charge is 2.53. The number of fused-ring (bicyclic) bond motifs is 2. The Bertz CT molecular complexity index is 2790. The van der Waals surface area contributed by atoms with Crippen molar-refractivity contribution in [2.45, 2.75) is 57.0 Å². The van der Waals surface area contributed by atoms with Gasteiger partial charge in [-0.2, -0.15) is 12.7 Å². The summed E-state index contributed by atoms with van der Waals surface area (Å²) in [7, 11) is -4.36. The summed E-state index contributed by atoms with van der Waals surface area (Å²) in [4.78, 5) is 61.9. The van der Waals surface area contributed by atoms with Crippen LogP contribution in [0.1, 0.15) is 63.9 Å². The van der Waals surface area contributed by atoms with Crippen molar-refractivity contribution in [2.75, 3.05) is 35.8 Å². The summed E-state index contributed by atoms with van der Waals surface area (Å²) in [6.45, 7) is 1.55. The number of pyridine rings is 1. The zero-order valence-electron chi connectivity index (χ0n) is 32.4. The van der Waals surface area contributed by atoms with Gasteiger partial charge in [0.1, 0.15) is 35.5 Å². The van der Waals surface area contributed by atoms with Crippen molar-refractivity contribution in [3.63, 3.8) is 0 Å². The molecule has 0 radical (unpaired) electrons. The molecule has 3 N–H and O–H groups in total. The van der Waals surface area contributed by atoms with Gasteiger partial charge in [0.05, 0.1) is 11.3 Å². The molecule has 3 aromatic carbocycles. The fraction of sp³-hybridized carbons (Fsp3) is 0.326. The lowest BCUT2D eigenvalue weighted by Crippen LogP contribution is -2.64. The Hall–Kier alpha value is -6.27. The minimum Gasteiger partial charge on any atom is -0.490 e. The van der Waals surface area contributed by atoms with Crippen LogP contribution in [-0.2, 0) is 26.3 Å². The smallest absolute Gasteiger partial charge is 0.301 e. The van der Waals surface area contributed by atoms with E-state index in [0.717, 1.165) is 59.2 Å². The first-order chi connectivity index (χ1) is 29.2. The van der Waals surface area contributed by atoms with E-state index in [-0.39, 0.29) is 48.3 Å². The fourth-order valence-electron chi connectivity index (χ4n) is 9.30. The minimum atomic E-state index is -4.36. The second kappa shape index (κ2) is 14.4. The number of ketones is 1. The number of ether oxygens (including phenoxy) is 1. The van der Waals surface area contributed by atoms with Gasteiger partial charge in [-0.1, -0.05) is 12.1 Å². The van der Waals surface area contributed by atoms with Gasteiger partial charge < -0.3 is 19.5 Å². The standard InChI is InChI=1S/C43H38F3N7O7S/c44-26-11-12-52(20-26)61(58,59)50-34-8-7-33(45)37(38(34)46)39(55)32-18-48-40-31(32)14-24(17-47-40)23-1-4-28(5-2-23)60-29-15-43(16-29)21-51(22-43)27-3-6-30-25(13-27)19-53(42(30)57)35-9-10-36(54)49-41(35)56/h1-8,13-14,17-18,26,29,35,50H,9-12,15-16,19-22H2,(H,47,48)(H,49,54,56)/t26-,35?/m1/s1. The normalized spacial score (nSPS) is 21.4. The number of imide groups is 1. The zero-order chi connectivity index (χ0) is 42.4. The molecule has 2 aromatic heterocycles. The summed E-state index contributed by atoms with van der Waals surface area (Å²) in [5.41, 5.74) is 2.64. The molecule has 61 heavy (non-hydrogen) atoms. The van der Waals surface area contributed by atoms with E-state index in [0.29, 0.717) is 40.9 Å². The molecule has 1 aliphatic carbocycles. The maximum Gasteiger partial charge on any atom is 0.301 e. The SMILES string of the molecule is O=C1CCC(N2Cc3cc(N4CC5(CC(Oc6ccc(-c7cnc8[nH]cc(C(=O)c9c(F)ccc(NS(=O)(=O)N%10CC[C@@H](F)C%10)c9F)c8c7)cc6)C5)C4)ccc3C2=O)C(=O)N1. The highest BCUT2D eigenvalue weighted by atomic mass is 32.2. The molecule has 4 aliphatic heterocycles. The predicted molar refractivity (Wildman–Crippen MR) is 216 cm³/mol. The third-order valence-electron chi connectivity index (χ3n) is 12.5. The van der Waals surface area contributed by atoms with E-state index in [9.17, 15) is 32.0 Å². The summed E-state index contributed by atoms with van der Waals surface area (Å²) in [5.74, 6) is -3.86. The van der Waals surface area contributed by atoms with Gasteiger partial charge in [-0.25, -0.2) is 18.2 Å². The summed E-state index contributed by atoms with van der Waals surface area (Å²) in [6.07, 6.45) is 3.88. The van der Waals surface area contributed by atoms with Crippen molar-refractivity contribution in [1.82, 2.24) is 24.5 Å². The zero-order valence-corrected chi connectivity index (χ0v) is 33.2. The van der Waals surface area contributed by atoms with Crippen LogP contribution in [0, 0.1) is 17.0 Å². The van der Waals surface area contributed by atoms with Crippen molar-refractivity contribution >= 4 is 56.1 Å². The molecule has 5 aromatic rings. The highest BCUT2D eigenvalue weighted by molar-refractivity contribution is 7.90. The van der Waals surface area contributed by atoms with Crippen LogP contribution in [0.5, 0.6) is 5.75 Å². The molecule has 10 rings (SSSR count). The highest BCUT2D eigenvalue weighted by Crippen LogP contribution is 2.51. The molecule has 6 heterocycles. The second-order valence-corrected chi connectivity index (χ2v) is 18.2. The number of aromatic amines is 1. The number of carbonyl (C=O) groups excluding carboxylic acids is 4. The van der Waals surface area contributed by atoms with Gasteiger partial charge in [-0.15, -0.1) is 0 Å². The van der Waals surface area contributed by atoms with Crippen LogP contribution >= 0.6 is 0 Å². The van der Waals surface area contributed by atoms with E-state index in [4.69, 9.17) is 4.74 Å². The van der Waals surface area contributed by atoms with Crippen LogP contribution in [0.25, 0.3) is 22.2 Å². The van der Waals surface area contributed by atoms with Crippen molar-refractivity contribution in [2.24, 2.45) is 5.41 Å². The van der Waals surface area contributed by atoms with Crippen LogP contribution in [0.15, 0.2) is 73.1 Å². The van der Waals surface area contributed by atoms with Crippen molar-refractivity contribution < 1.29 is 45.5 Å². The predicted octanol–water partition coefficient (Wildman–Crippen LogP) is 5.25. The molecule has 5 aliphatic rings. The van der Waals surface area contributed by atoms with Gasteiger partial charge in [0, 0.05) is 84.7 Å². The molecular weight excluding hydrogens is 816 g/mol. The molecule has 0 bridgehead atoms. The topological polar surface area (TPSA) is 174 Å². The number of hydrogen-bond donors (Lipinski definition) is 3. The maximum atomic E-state index is 15.7. The molecule has 3 amide bonds. The molecule has 314 valence electrons. The van der Waals surface area contributed by atoms with E-state index in [1.807, 2.05) is 47.2 Å². The Morgan fingerprint density at radius 2 is 1.75 bits per heavy atom. The Labute approximate surface area is 347 Å². The number of anilines is 2. The molecule has 1 spiro atoms. The second-order valence-electron chi connectivity index (χ2n) is 16.6. The molecule has 1 unspecified atom stereocenters. The van der Waals surface area contributed by atoms with Crippen molar-refractivity contribution in [3.05, 3.63) is 107 Å². The Balaban J connectivity index is 0.765. The van der Waals surface area contributed by atoms with Crippen LogP contribution < -0.4 is 19.7 Å². The van der Waals surface area contributed by atoms with Crippen LogP contribution in [0.4, 0.5) is 24.5 Å². The molecule has 2 atom stereocenters. The maximum absolute atomic E-state index is 15.7. The number of amides is 3. The number of nitrogens with zero attached hydrogens (tertiary/aromatic N) is 4. The fourth-order valence-corrected chi connectivity index (χ4v) is 10.6. The number of H-pyrrole nitrogens is 1. The average molecular weight is 854 g/mol. The quantitative estimate of drug-likeness (QED) is 0.125. The molecule has 4 fully saturated rings. The average Bonchev–Trinajstić information content (AvgIpc) is 3.93. The van der Waals surface area contributed by atoms with Crippen molar-refractivity contribution in [3.8, 4) is 16.9 Å². The number of halogens is 3. The van der Waals surface area contributed by atoms with Crippen LogP contribution in [0.3, 0.4) is 0 Å². The third-order valence-corrected chi connectivity index (χ3v) is 14.0. The third kappa shape index (κ3) is 6.86. The minimum absolute atomic E-state index is 0.00347. The molecule has 14 nitrogen and oxygen atoms in total.